The number of benzene rings is 1. The Bertz CT molecular complexity index is 400. The molecule has 0 aliphatic carbocycles. The summed E-state index contributed by atoms with van der Waals surface area (Å²) in [5.41, 5.74) is 1.06. The summed E-state index contributed by atoms with van der Waals surface area (Å²) in [5, 5.41) is 9.87. The zero-order valence-electron chi connectivity index (χ0n) is 12.2. The zero-order valence-corrected chi connectivity index (χ0v) is 13.0. The molecular formula is C15H25NO2S. The van der Waals surface area contributed by atoms with Gasteiger partial charge < -0.3 is 5.11 Å². The Morgan fingerprint density at radius 2 is 1.84 bits per heavy atom. The first kappa shape index (κ1) is 16.3. The fraction of sp³-hybridized carbons (Fsp3) is 0.600. The minimum atomic E-state index is -1.15. The molecule has 2 N–H and O–H groups in total. The highest BCUT2D eigenvalue weighted by molar-refractivity contribution is 7.84. The first-order chi connectivity index (χ1) is 8.84. The number of rotatable bonds is 6. The molecule has 108 valence electrons. The highest BCUT2D eigenvalue weighted by Crippen LogP contribution is 2.22. The average Bonchev–Trinajstić information content (AvgIpc) is 2.37. The normalized spacial score (nSPS) is 16.9. The Morgan fingerprint density at radius 1 is 1.26 bits per heavy atom. The quantitative estimate of drug-likeness (QED) is 0.843. The van der Waals surface area contributed by atoms with Crippen LogP contribution in [0.5, 0.6) is 0 Å². The van der Waals surface area contributed by atoms with Gasteiger partial charge in [0, 0.05) is 6.04 Å². The molecule has 4 heteroatoms. The molecule has 0 spiro atoms. The van der Waals surface area contributed by atoms with Crippen molar-refractivity contribution in [3.63, 3.8) is 0 Å². The summed E-state index contributed by atoms with van der Waals surface area (Å²) in [7, 11) is -1.15. The van der Waals surface area contributed by atoms with Crippen LogP contribution in [-0.4, -0.2) is 20.2 Å². The van der Waals surface area contributed by atoms with Crippen molar-refractivity contribution in [1.29, 1.82) is 0 Å². The molecule has 19 heavy (non-hydrogen) atoms. The standard InChI is InChI=1S/C15H25NO2S/c1-5-13(17)11-14(12-9-7-6-8-10-12)16-19(18)15(2,3)4/h6-10,13-14,16-17H,5,11H2,1-4H3/t13-,14-,19?/m1/s1. The highest BCUT2D eigenvalue weighted by Gasteiger charge is 2.24. The number of nitrogens with one attached hydrogen (secondary N) is 1. The van der Waals surface area contributed by atoms with Gasteiger partial charge >= 0.3 is 0 Å². The Hall–Kier alpha value is -0.710. The molecule has 1 aromatic carbocycles. The maximum absolute atomic E-state index is 12.2. The molecule has 1 unspecified atom stereocenters. The van der Waals surface area contributed by atoms with Gasteiger partial charge in [0.15, 0.2) is 0 Å². The summed E-state index contributed by atoms with van der Waals surface area (Å²) in [6, 6.07) is 9.79. The monoisotopic (exact) mass is 283 g/mol. The van der Waals surface area contributed by atoms with Crippen molar-refractivity contribution in [1.82, 2.24) is 4.72 Å². The van der Waals surface area contributed by atoms with Gasteiger partial charge in [-0.2, -0.15) is 0 Å². The topological polar surface area (TPSA) is 49.3 Å². The molecule has 0 saturated carbocycles. The van der Waals surface area contributed by atoms with Crippen molar-refractivity contribution < 1.29 is 9.32 Å². The number of hydrogen-bond donors (Lipinski definition) is 2. The number of aliphatic hydroxyl groups is 1. The maximum Gasteiger partial charge on any atom is 0.0975 e. The summed E-state index contributed by atoms with van der Waals surface area (Å²) in [6.07, 6.45) is 0.893. The van der Waals surface area contributed by atoms with Gasteiger partial charge in [-0.05, 0) is 39.2 Å². The summed E-state index contributed by atoms with van der Waals surface area (Å²) in [6.45, 7) is 7.77. The van der Waals surface area contributed by atoms with Crippen molar-refractivity contribution >= 4 is 11.0 Å². The van der Waals surface area contributed by atoms with E-state index >= 15 is 0 Å². The van der Waals surface area contributed by atoms with Crippen molar-refractivity contribution in [2.45, 2.75) is 57.4 Å². The largest absolute Gasteiger partial charge is 0.393 e. The second-order valence-corrected chi connectivity index (χ2v) is 7.76. The van der Waals surface area contributed by atoms with Crippen LogP contribution < -0.4 is 4.72 Å². The first-order valence-corrected chi connectivity index (χ1v) is 7.90. The van der Waals surface area contributed by atoms with Crippen LogP contribution in [0.2, 0.25) is 0 Å². The fourth-order valence-electron chi connectivity index (χ4n) is 1.68. The highest BCUT2D eigenvalue weighted by atomic mass is 32.2. The second-order valence-electron chi connectivity index (χ2n) is 5.76. The van der Waals surface area contributed by atoms with E-state index in [1.165, 1.54) is 0 Å². The summed E-state index contributed by atoms with van der Waals surface area (Å²) < 4.78 is 15.1. The molecule has 1 rings (SSSR count). The molecule has 3 atom stereocenters. The molecule has 1 aromatic rings. The lowest BCUT2D eigenvalue weighted by atomic mass is 10.0. The van der Waals surface area contributed by atoms with Crippen LogP contribution in [0, 0.1) is 0 Å². The molecule has 0 bridgehead atoms. The van der Waals surface area contributed by atoms with E-state index < -0.39 is 11.0 Å². The molecule has 0 radical (unpaired) electrons. The van der Waals surface area contributed by atoms with Crippen molar-refractivity contribution in [2.24, 2.45) is 0 Å². The Morgan fingerprint density at radius 3 is 2.32 bits per heavy atom. The molecule has 0 aliphatic rings. The molecule has 0 heterocycles. The van der Waals surface area contributed by atoms with E-state index in [-0.39, 0.29) is 16.9 Å². The van der Waals surface area contributed by atoms with Crippen molar-refractivity contribution in [3.05, 3.63) is 35.9 Å². The van der Waals surface area contributed by atoms with Crippen LogP contribution in [-0.2, 0) is 11.0 Å². The lowest BCUT2D eigenvalue weighted by molar-refractivity contribution is 0.149. The van der Waals surface area contributed by atoms with Gasteiger partial charge in [0.05, 0.1) is 21.8 Å². The van der Waals surface area contributed by atoms with E-state index in [4.69, 9.17) is 0 Å². The third kappa shape index (κ3) is 5.43. The van der Waals surface area contributed by atoms with Gasteiger partial charge in [-0.3, -0.25) is 0 Å². The summed E-state index contributed by atoms with van der Waals surface area (Å²) >= 11 is 0. The van der Waals surface area contributed by atoms with Crippen molar-refractivity contribution in [2.75, 3.05) is 0 Å². The number of hydrogen-bond acceptors (Lipinski definition) is 2. The van der Waals surface area contributed by atoms with E-state index in [9.17, 15) is 9.32 Å². The third-order valence-electron chi connectivity index (χ3n) is 2.99. The van der Waals surface area contributed by atoms with Gasteiger partial charge in [-0.1, -0.05) is 37.3 Å². The van der Waals surface area contributed by atoms with Crippen molar-refractivity contribution in [3.8, 4) is 0 Å². The van der Waals surface area contributed by atoms with Crippen LogP contribution in [0.15, 0.2) is 30.3 Å². The summed E-state index contributed by atoms with van der Waals surface area (Å²) in [4.78, 5) is 0. The predicted molar refractivity (Wildman–Crippen MR) is 81.1 cm³/mol. The van der Waals surface area contributed by atoms with E-state index in [2.05, 4.69) is 4.72 Å². The zero-order chi connectivity index (χ0) is 14.5. The second kappa shape index (κ2) is 7.17. The maximum atomic E-state index is 12.2. The van der Waals surface area contributed by atoms with Gasteiger partial charge in [-0.25, -0.2) is 8.93 Å². The Balaban J connectivity index is 2.85. The minimum Gasteiger partial charge on any atom is -0.393 e. The van der Waals surface area contributed by atoms with E-state index in [0.29, 0.717) is 12.8 Å². The smallest absolute Gasteiger partial charge is 0.0975 e. The SMILES string of the molecule is CC[C@@H](O)C[C@@H](NS(=O)C(C)(C)C)c1ccccc1. The lowest BCUT2D eigenvalue weighted by Gasteiger charge is -2.26. The molecule has 0 aliphatic heterocycles. The third-order valence-corrected chi connectivity index (χ3v) is 4.60. The minimum absolute atomic E-state index is 0.0868. The molecule has 0 fully saturated rings. The Kier molecular flexibility index (Phi) is 6.17. The van der Waals surface area contributed by atoms with Crippen LogP contribution in [0.3, 0.4) is 0 Å². The Labute approximate surface area is 119 Å². The van der Waals surface area contributed by atoms with Gasteiger partial charge in [0.2, 0.25) is 0 Å². The summed E-state index contributed by atoms with van der Waals surface area (Å²) in [5.74, 6) is 0. The van der Waals surface area contributed by atoms with Crippen LogP contribution in [0.4, 0.5) is 0 Å². The average molecular weight is 283 g/mol. The lowest BCUT2D eigenvalue weighted by Crippen LogP contribution is -2.37. The molecule has 0 amide bonds. The predicted octanol–water partition coefficient (Wildman–Crippen LogP) is 2.94. The van der Waals surface area contributed by atoms with E-state index in [1.807, 2.05) is 58.0 Å². The molecule has 3 nitrogen and oxygen atoms in total. The first-order valence-electron chi connectivity index (χ1n) is 6.75. The molecule has 0 aromatic heterocycles. The van der Waals surface area contributed by atoms with E-state index in [1.54, 1.807) is 0 Å². The van der Waals surface area contributed by atoms with Crippen LogP contribution in [0.1, 0.15) is 52.1 Å². The van der Waals surface area contributed by atoms with Gasteiger partial charge in [-0.15, -0.1) is 0 Å². The van der Waals surface area contributed by atoms with Crippen LogP contribution in [0.25, 0.3) is 0 Å². The van der Waals surface area contributed by atoms with Gasteiger partial charge in [0.1, 0.15) is 0 Å². The van der Waals surface area contributed by atoms with Crippen LogP contribution >= 0.6 is 0 Å². The van der Waals surface area contributed by atoms with Gasteiger partial charge in [0.25, 0.3) is 0 Å². The molecular weight excluding hydrogens is 258 g/mol. The fourth-order valence-corrected chi connectivity index (χ4v) is 2.53. The molecule has 0 saturated heterocycles. The van der Waals surface area contributed by atoms with E-state index in [0.717, 1.165) is 5.56 Å². The number of aliphatic hydroxyl groups excluding tert-OH is 1.